The Morgan fingerprint density at radius 2 is 1.52 bits per heavy atom. The predicted octanol–water partition coefficient (Wildman–Crippen LogP) is 3.13. The Morgan fingerprint density at radius 1 is 1.04 bits per heavy atom. The number of nitrogens with zero attached hydrogens (tertiary/aromatic N) is 2. The van der Waals surface area contributed by atoms with Gasteiger partial charge in [-0.05, 0) is 18.1 Å². The van der Waals surface area contributed by atoms with Crippen molar-refractivity contribution >= 4 is 10.0 Å². The van der Waals surface area contributed by atoms with E-state index in [0.717, 1.165) is 6.54 Å². The highest BCUT2D eigenvalue weighted by molar-refractivity contribution is 7.88. The lowest BCUT2D eigenvalue weighted by molar-refractivity contribution is -0.00638. The lowest BCUT2D eigenvalue weighted by atomic mass is 9.88. The average molecular weight is 359 g/mol. The maximum atomic E-state index is 12.1. The molecule has 2 atom stereocenters. The molecule has 2 aromatic rings. The molecule has 1 saturated heterocycles. The minimum Gasteiger partial charge on any atom is -0.286 e. The average Bonchev–Trinajstić information content (AvgIpc) is 2.61. The zero-order valence-corrected chi connectivity index (χ0v) is 15.9. The van der Waals surface area contributed by atoms with Crippen LogP contribution in [0.5, 0.6) is 0 Å². The van der Waals surface area contributed by atoms with E-state index in [1.54, 1.807) is 4.31 Å². The Kier molecular flexibility index (Phi) is 5.27. The van der Waals surface area contributed by atoms with Crippen LogP contribution >= 0.6 is 0 Å². The zero-order chi connectivity index (χ0) is 18.0. The predicted molar refractivity (Wildman–Crippen MR) is 102 cm³/mol. The van der Waals surface area contributed by atoms with E-state index in [1.165, 1.54) is 17.4 Å². The fourth-order valence-electron chi connectivity index (χ4n) is 3.85. The Balaban J connectivity index is 1.90. The van der Waals surface area contributed by atoms with E-state index in [2.05, 4.69) is 60.4 Å². The van der Waals surface area contributed by atoms with Crippen LogP contribution in [0.15, 0.2) is 60.7 Å². The smallest absolute Gasteiger partial charge is 0.211 e. The molecule has 0 saturated carbocycles. The molecule has 0 radical (unpaired) electrons. The normalized spacial score (nSPS) is 21.5. The van der Waals surface area contributed by atoms with Crippen LogP contribution < -0.4 is 0 Å². The first-order valence-electron chi connectivity index (χ1n) is 8.76. The quantitative estimate of drug-likeness (QED) is 0.797. The van der Waals surface area contributed by atoms with Crippen molar-refractivity contribution in [2.75, 3.05) is 19.3 Å². The van der Waals surface area contributed by atoms with E-state index < -0.39 is 10.0 Å². The second kappa shape index (κ2) is 7.28. The standard InChI is InChI=1S/C20H26N2O2S/c1-4-22(25(3,23)24)19-15-21(16(19)2)20(17-11-7-5-8-12-17)18-13-9-6-10-14-18/h5-14,16,19-20H,4,15H2,1-3H3/t16-,19+/m1/s1. The first-order valence-corrected chi connectivity index (χ1v) is 10.6. The molecule has 4 nitrogen and oxygen atoms in total. The highest BCUT2D eigenvalue weighted by Crippen LogP contribution is 2.37. The van der Waals surface area contributed by atoms with Crippen LogP contribution in [0.1, 0.15) is 31.0 Å². The molecule has 0 unspecified atom stereocenters. The van der Waals surface area contributed by atoms with Crippen molar-refractivity contribution in [1.29, 1.82) is 0 Å². The van der Waals surface area contributed by atoms with Gasteiger partial charge in [-0.1, -0.05) is 67.6 Å². The minimum atomic E-state index is -3.18. The minimum absolute atomic E-state index is 0.0370. The lowest BCUT2D eigenvalue weighted by Crippen LogP contribution is -2.66. The maximum absolute atomic E-state index is 12.1. The van der Waals surface area contributed by atoms with Gasteiger partial charge in [0.2, 0.25) is 10.0 Å². The third-order valence-electron chi connectivity index (χ3n) is 5.15. The molecule has 0 N–H and O–H groups in total. The van der Waals surface area contributed by atoms with Crippen LogP contribution in [0.2, 0.25) is 0 Å². The van der Waals surface area contributed by atoms with Gasteiger partial charge in [0, 0.05) is 19.1 Å². The van der Waals surface area contributed by atoms with Gasteiger partial charge in [0.1, 0.15) is 0 Å². The first kappa shape index (κ1) is 18.1. The van der Waals surface area contributed by atoms with E-state index in [4.69, 9.17) is 0 Å². The zero-order valence-electron chi connectivity index (χ0n) is 15.0. The highest BCUT2D eigenvalue weighted by atomic mass is 32.2. The summed E-state index contributed by atoms with van der Waals surface area (Å²) in [6.45, 7) is 5.29. The molecule has 0 aromatic heterocycles. The van der Waals surface area contributed by atoms with Gasteiger partial charge in [-0.2, -0.15) is 4.31 Å². The van der Waals surface area contributed by atoms with Gasteiger partial charge in [-0.15, -0.1) is 0 Å². The SMILES string of the molecule is CCN([C@H]1CN(C(c2ccccc2)c2ccccc2)[C@@H]1C)S(C)(=O)=O. The molecule has 1 heterocycles. The van der Waals surface area contributed by atoms with E-state index in [0.29, 0.717) is 6.54 Å². The number of hydrogen-bond donors (Lipinski definition) is 0. The van der Waals surface area contributed by atoms with Crippen molar-refractivity contribution in [1.82, 2.24) is 9.21 Å². The van der Waals surface area contributed by atoms with Crippen LogP contribution in [-0.4, -0.2) is 49.1 Å². The summed E-state index contributed by atoms with van der Waals surface area (Å²) in [4.78, 5) is 2.39. The van der Waals surface area contributed by atoms with Crippen LogP contribution in [0.4, 0.5) is 0 Å². The highest BCUT2D eigenvalue weighted by Gasteiger charge is 2.45. The molecule has 0 bridgehead atoms. The van der Waals surface area contributed by atoms with Crippen LogP contribution in [0.3, 0.4) is 0 Å². The third kappa shape index (κ3) is 3.64. The van der Waals surface area contributed by atoms with Crippen LogP contribution in [0.25, 0.3) is 0 Å². The fraction of sp³-hybridized carbons (Fsp3) is 0.400. The number of likely N-dealkylation sites (tertiary alicyclic amines) is 1. The summed E-state index contributed by atoms with van der Waals surface area (Å²) in [7, 11) is -3.18. The van der Waals surface area contributed by atoms with E-state index >= 15 is 0 Å². The van der Waals surface area contributed by atoms with Gasteiger partial charge in [0.05, 0.1) is 18.3 Å². The van der Waals surface area contributed by atoms with Gasteiger partial charge in [-0.25, -0.2) is 8.42 Å². The molecule has 1 fully saturated rings. The van der Waals surface area contributed by atoms with Crippen molar-refractivity contribution in [3.8, 4) is 0 Å². The number of likely N-dealkylation sites (N-methyl/N-ethyl adjacent to an activating group) is 1. The summed E-state index contributed by atoms with van der Waals surface area (Å²) < 4.78 is 25.8. The summed E-state index contributed by atoms with van der Waals surface area (Å²) in [6, 6.07) is 21.2. The Hall–Kier alpha value is -1.69. The summed E-state index contributed by atoms with van der Waals surface area (Å²) in [5.41, 5.74) is 2.47. The maximum Gasteiger partial charge on any atom is 0.211 e. The molecule has 0 spiro atoms. The van der Waals surface area contributed by atoms with Gasteiger partial charge in [0.25, 0.3) is 0 Å². The molecule has 0 aliphatic carbocycles. The molecule has 1 aliphatic rings. The third-order valence-corrected chi connectivity index (χ3v) is 6.53. The number of benzene rings is 2. The van der Waals surface area contributed by atoms with Crippen molar-refractivity contribution in [2.24, 2.45) is 0 Å². The van der Waals surface area contributed by atoms with Crippen molar-refractivity contribution in [3.63, 3.8) is 0 Å². The molecule has 1 aliphatic heterocycles. The molecule has 5 heteroatoms. The largest absolute Gasteiger partial charge is 0.286 e. The second-order valence-electron chi connectivity index (χ2n) is 6.69. The van der Waals surface area contributed by atoms with E-state index in [9.17, 15) is 8.42 Å². The van der Waals surface area contributed by atoms with Gasteiger partial charge in [-0.3, -0.25) is 4.90 Å². The Morgan fingerprint density at radius 3 is 1.88 bits per heavy atom. The van der Waals surface area contributed by atoms with E-state index in [-0.39, 0.29) is 18.1 Å². The lowest BCUT2D eigenvalue weighted by Gasteiger charge is -2.53. The number of hydrogen-bond acceptors (Lipinski definition) is 3. The summed E-state index contributed by atoms with van der Waals surface area (Å²) in [6.07, 6.45) is 1.30. The fourth-order valence-corrected chi connectivity index (χ4v) is 5.05. The van der Waals surface area contributed by atoms with Gasteiger partial charge in [0.15, 0.2) is 0 Å². The monoisotopic (exact) mass is 358 g/mol. The summed E-state index contributed by atoms with van der Waals surface area (Å²) in [5, 5.41) is 0. The van der Waals surface area contributed by atoms with Crippen molar-refractivity contribution in [3.05, 3.63) is 71.8 Å². The summed E-state index contributed by atoms with van der Waals surface area (Å²) >= 11 is 0. The van der Waals surface area contributed by atoms with Gasteiger partial charge < -0.3 is 0 Å². The van der Waals surface area contributed by atoms with Gasteiger partial charge >= 0.3 is 0 Å². The molecule has 25 heavy (non-hydrogen) atoms. The molecule has 2 aromatic carbocycles. The van der Waals surface area contributed by atoms with E-state index in [1.807, 2.05) is 19.1 Å². The Bertz CT molecular complexity index is 753. The Labute approximate surface area is 151 Å². The molecular weight excluding hydrogens is 332 g/mol. The topological polar surface area (TPSA) is 40.6 Å². The first-order chi connectivity index (χ1) is 11.9. The molecule has 134 valence electrons. The molecular formula is C20H26N2O2S. The number of sulfonamides is 1. The number of rotatable bonds is 6. The van der Waals surface area contributed by atoms with Crippen molar-refractivity contribution in [2.45, 2.75) is 32.0 Å². The van der Waals surface area contributed by atoms with Crippen molar-refractivity contribution < 1.29 is 8.42 Å². The molecule has 3 rings (SSSR count). The summed E-state index contributed by atoms with van der Waals surface area (Å²) in [5.74, 6) is 0. The molecule has 0 amide bonds. The van der Waals surface area contributed by atoms with Crippen LogP contribution in [-0.2, 0) is 10.0 Å². The second-order valence-corrected chi connectivity index (χ2v) is 8.63. The van der Waals surface area contributed by atoms with Crippen LogP contribution in [0, 0.1) is 0 Å².